The van der Waals surface area contributed by atoms with Gasteiger partial charge in [-0.15, -0.1) is 0 Å². The Balaban J connectivity index is 1.35. The average Bonchev–Trinajstić information content (AvgIpc) is 2.78. The lowest BCUT2D eigenvalue weighted by atomic mass is 9.59. The lowest BCUT2D eigenvalue weighted by Crippen LogP contribution is -2.67. The summed E-state index contributed by atoms with van der Waals surface area (Å²) in [5, 5.41) is 12.7. The molecule has 3 aliphatic carbocycles. The van der Waals surface area contributed by atoms with Crippen LogP contribution in [0.1, 0.15) is 48.9 Å². The van der Waals surface area contributed by atoms with Gasteiger partial charge in [0.15, 0.2) is 5.72 Å². The quantitative estimate of drug-likeness (QED) is 0.792. The molecule has 2 bridgehead atoms. The Morgan fingerprint density at radius 3 is 2.97 bits per heavy atom. The number of piperidine rings is 1. The molecule has 7 nitrogen and oxygen atoms in total. The Morgan fingerprint density at radius 2 is 2.23 bits per heavy atom. The van der Waals surface area contributed by atoms with Crippen LogP contribution in [0.5, 0.6) is 11.5 Å². The van der Waals surface area contributed by atoms with Crippen LogP contribution in [0.25, 0.3) is 0 Å². The van der Waals surface area contributed by atoms with Crippen LogP contribution < -0.4 is 14.8 Å². The maximum Gasteiger partial charge on any atom is 0.258 e. The Labute approximate surface area is 176 Å². The number of amides is 2. The highest BCUT2D eigenvalue weighted by Gasteiger charge is 2.57. The van der Waals surface area contributed by atoms with Crippen molar-refractivity contribution in [1.29, 1.82) is 0 Å². The maximum absolute atomic E-state index is 13.3. The highest BCUT2D eigenvalue weighted by Crippen LogP contribution is 2.53. The van der Waals surface area contributed by atoms with E-state index in [1.54, 1.807) is 25.3 Å². The molecule has 2 N–H and O–H groups in total. The first-order valence-electron chi connectivity index (χ1n) is 11.1. The van der Waals surface area contributed by atoms with Gasteiger partial charge >= 0.3 is 0 Å². The second-order valence-electron chi connectivity index (χ2n) is 9.36. The number of carbonyl (C=O) groups excluding carboxylic acids is 2. The first kappa shape index (κ1) is 19.7. The largest absolute Gasteiger partial charge is 0.497 e. The number of fused-ring (bicyclic) bond motifs is 3. The minimum absolute atomic E-state index is 0.0148. The summed E-state index contributed by atoms with van der Waals surface area (Å²) in [7, 11) is 1.60. The van der Waals surface area contributed by atoms with Crippen LogP contribution in [0.4, 0.5) is 0 Å². The molecular weight excluding hydrogens is 384 g/mol. The van der Waals surface area contributed by atoms with Crippen molar-refractivity contribution in [3.05, 3.63) is 23.8 Å². The number of rotatable bonds is 3. The third kappa shape index (κ3) is 3.14. The lowest BCUT2D eigenvalue weighted by Gasteiger charge is -2.55. The first-order valence-corrected chi connectivity index (χ1v) is 11.1. The number of carbonyl (C=O) groups is 2. The summed E-state index contributed by atoms with van der Waals surface area (Å²) in [6.45, 7) is 1.59. The summed E-state index contributed by atoms with van der Waals surface area (Å²) in [5.74, 6) is 1.83. The number of hydrogen-bond acceptors (Lipinski definition) is 5. The number of hydrogen-bond donors (Lipinski definition) is 2. The van der Waals surface area contributed by atoms with Crippen molar-refractivity contribution in [2.45, 2.75) is 44.2 Å². The standard InChI is InChI=1S/C23H30N2O5/c1-29-17-6-7-18-20(10-17)30-23(24-21(18)27)11-15-4-5-16(23)9-19(15)22(28)25-8-2-3-14(12-25)13-26/h6-7,10,14-16,19,26H,2-5,8-9,11-13H2,1H3,(H,24,27). The fraction of sp³-hybridized carbons (Fsp3) is 0.652. The van der Waals surface area contributed by atoms with Gasteiger partial charge < -0.3 is 24.8 Å². The van der Waals surface area contributed by atoms with E-state index in [1.807, 2.05) is 4.90 Å². The predicted molar refractivity (Wildman–Crippen MR) is 109 cm³/mol. The maximum atomic E-state index is 13.3. The average molecular weight is 415 g/mol. The van der Waals surface area contributed by atoms with Gasteiger partial charge in [0.25, 0.3) is 5.91 Å². The molecule has 30 heavy (non-hydrogen) atoms. The van der Waals surface area contributed by atoms with E-state index < -0.39 is 5.72 Å². The molecule has 7 heteroatoms. The number of nitrogens with zero attached hydrogens (tertiary/aromatic N) is 1. The molecule has 0 radical (unpaired) electrons. The van der Waals surface area contributed by atoms with Crippen molar-refractivity contribution in [2.75, 3.05) is 26.8 Å². The second-order valence-corrected chi connectivity index (χ2v) is 9.36. The van der Waals surface area contributed by atoms with E-state index >= 15 is 0 Å². The molecule has 5 unspecified atom stereocenters. The van der Waals surface area contributed by atoms with Crippen LogP contribution in [-0.2, 0) is 4.79 Å². The Morgan fingerprint density at radius 1 is 1.37 bits per heavy atom. The first-order chi connectivity index (χ1) is 14.5. The summed E-state index contributed by atoms with van der Waals surface area (Å²) < 4.78 is 11.8. The molecule has 2 heterocycles. The van der Waals surface area contributed by atoms with E-state index in [2.05, 4.69) is 5.32 Å². The molecule has 4 fully saturated rings. The predicted octanol–water partition coefficient (Wildman–Crippen LogP) is 2.18. The van der Waals surface area contributed by atoms with Gasteiger partial charge in [0.2, 0.25) is 5.91 Å². The fourth-order valence-electron chi connectivity index (χ4n) is 6.07. The summed E-state index contributed by atoms with van der Waals surface area (Å²) in [5.41, 5.74) is -0.204. The molecule has 5 aliphatic rings. The second kappa shape index (κ2) is 7.45. The van der Waals surface area contributed by atoms with Crippen LogP contribution in [-0.4, -0.2) is 54.4 Å². The molecule has 5 atom stereocenters. The molecule has 6 rings (SSSR count). The normalized spacial score (nSPS) is 34.9. The molecule has 1 aromatic rings. The molecule has 162 valence electrons. The van der Waals surface area contributed by atoms with E-state index in [9.17, 15) is 14.7 Å². The van der Waals surface area contributed by atoms with Gasteiger partial charge in [-0.1, -0.05) is 0 Å². The summed E-state index contributed by atoms with van der Waals surface area (Å²) in [6, 6.07) is 5.28. The molecule has 1 spiro atoms. The zero-order valence-electron chi connectivity index (χ0n) is 17.4. The number of ether oxygens (including phenoxy) is 2. The number of aliphatic hydroxyl groups is 1. The minimum Gasteiger partial charge on any atom is -0.497 e. The van der Waals surface area contributed by atoms with E-state index in [0.717, 1.165) is 38.6 Å². The number of benzene rings is 1. The van der Waals surface area contributed by atoms with Gasteiger partial charge in [0, 0.05) is 44.0 Å². The van der Waals surface area contributed by atoms with E-state index in [0.29, 0.717) is 30.0 Å². The molecule has 3 saturated carbocycles. The highest BCUT2D eigenvalue weighted by atomic mass is 16.5. The van der Waals surface area contributed by atoms with Gasteiger partial charge in [0.05, 0.1) is 12.7 Å². The molecule has 2 amide bonds. The van der Waals surface area contributed by atoms with Crippen molar-refractivity contribution in [3.63, 3.8) is 0 Å². The van der Waals surface area contributed by atoms with E-state index in [1.165, 1.54) is 0 Å². The molecular formula is C23H30N2O5. The van der Waals surface area contributed by atoms with Crippen molar-refractivity contribution >= 4 is 11.8 Å². The zero-order valence-corrected chi connectivity index (χ0v) is 17.4. The van der Waals surface area contributed by atoms with Gasteiger partial charge in [-0.25, -0.2) is 0 Å². The van der Waals surface area contributed by atoms with E-state index in [-0.39, 0.29) is 42.1 Å². The highest BCUT2D eigenvalue weighted by molar-refractivity contribution is 5.98. The lowest BCUT2D eigenvalue weighted by molar-refractivity contribution is -0.157. The topological polar surface area (TPSA) is 88.1 Å². The van der Waals surface area contributed by atoms with Crippen molar-refractivity contribution in [2.24, 2.45) is 23.7 Å². The van der Waals surface area contributed by atoms with Crippen molar-refractivity contribution in [1.82, 2.24) is 10.2 Å². The van der Waals surface area contributed by atoms with E-state index in [4.69, 9.17) is 9.47 Å². The third-order valence-corrected chi connectivity index (χ3v) is 7.67. The van der Waals surface area contributed by atoms with Crippen LogP contribution in [0.2, 0.25) is 0 Å². The third-order valence-electron chi connectivity index (χ3n) is 7.67. The molecule has 0 aromatic heterocycles. The SMILES string of the molecule is COc1ccc2c(c1)OC1(CC3CCC1CC3C(=O)N1CCCC(CO)C1)NC2=O. The van der Waals surface area contributed by atoms with Gasteiger partial charge in [-0.2, -0.15) is 0 Å². The molecule has 2 aliphatic heterocycles. The number of nitrogens with one attached hydrogen (secondary N) is 1. The smallest absolute Gasteiger partial charge is 0.258 e. The Hall–Kier alpha value is -2.28. The number of methoxy groups -OCH3 is 1. The van der Waals surface area contributed by atoms with Gasteiger partial charge in [-0.3, -0.25) is 9.59 Å². The summed E-state index contributed by atoms with van der Waals surface area (Å²) in [6.07, 6.45) is 5.29. The van der Waals surface area contributed by atoms with Crippen LogP contribution in [0, 0.1) is 23.7 Å². The Bertz CT molecular complexity index is 858. The van der Waals surface area contributed by atoms with Crippen molar-refractivity contribution < 1.29 is 24.2 Å². The minimum atomic E-state index is -0.730. The summed E-state index contributed by atoms with van der Waals surface area (Å²) >= 11 is 0. The number of likely N-dealkylation sites (tertiary alicyclic amines) is 1. The zero-order chi connectivity index (χ0) is 20.9. The number of aliphatic hydroxyl groups excluding tert-OH is 1. The van der Waals surface area contributed by atoms with Gasteiger partial charge in [-0.05, 0) is 56.1 Å². The molecule has 1 aromatic carbocycles. The Kier molecular flexibility index (Phi) is 4.88. The van der Waals surface area contributed by atoms with Gasteiger partial charge in [0.1, 0.15) is 11.5 Å². The fourth-order valence-corrected chi connectivity index (χ4v) is 6.07. The monoisotopic (exact) mass is 414 g/mol. The molecule has 1 saturated heterocycles. The van der Waals surface area contributed by atoms with Crippen LogP contribution >= 0.6 is 0 Å². The van der Waals surface area contributed by atoms with Crippen molar-refractivity contribution in [3.8, 4) is 11.5 Å². The van der Waals surface area contributed by atoms with Crippen LogP contribution in [0.15, 0.2) is 18.2 Å². The summed E-state index contributed by atoms with van der Waals surface area (Å²) in [4.78, 5) is 28.1. The van der Waals surface area contributed by atoms with Crippen LogP contribution in [0.3, 0.4) is 0 Å².